The molecule has 1 atom stereocenters. The third-order valence-corrected chi connectivity index (χ3v) is 2.77. The van der Waals surface area contributed by atoms with Gasteiger partial charge in [-0.25, -0.2) is 0 Å². The topological polar surface area (TPSA) is 86.7 Å². The quantitative estimate of drug-likeness (QED) is 0.652. The maximum absolute atomic E-state index is 12.0. The largest absolute Gasteiger partial charge is 0.481 e. The zero-order valence-electron chi connectivity index (χ0n) is 11.9. The van der Waals surface area contributed by atoms with Gasteiger partial charge in [-0.05, 0) is 6.42 Å². The second-order valence-electron chi connectivity index (χ2n) is 4.67. The van der Waals surface area contributed by atoms with Gasteiger partial charge in [-0.2, -0.15) is 0 Å². The Morgan fingerprint density at radius 3 is 2.42 bits per heavy atom. The van der Waals surface area contributed by atoms with E-state index in [9.17, 15) is 14.4 Å². The van der Waals surface area contributed by atoms with E-state index in [1.54, 1.807) is 6.92 Å². The number of carboxylic acid groups (broad SMARTS) is 1. The average molecular weight is 272 g/mol. The first kappa shape index (κ1) is 17.4. The summed E-state index contributed by atoms with van der Waals surface area (Å²) in [5.41, 5.74) is 0. The lowest BCUT2D eigenvalue weighted by Gasteiger charge is -2.24. The number of amides is 2. The SMILES string of the molecule is CCCCC(=O)N(CCNC(C)=O)CC(C)C(=O)O. The van der Waals surface area contributed by atoms with Crippen molar-refractivity contribution in [3.63, 3.8) is 0 Å². The molecule has 0 fully saturated rings. The molecule has 19 heavy (non-hydrogen) atoms. The van der Waals surface area contributed by atoms with E-state index >= 15 is 0 Å². The normalized spacial score (nSPS) is 11.7. The van der Waals surface area contributed by atoms with Crippen molar-refractivity contribution < 1.29 is 19.5 Å². The number of nitrogens with one attached hydrogen (secondary N) is 1. The molecule has 0 aliphatic heterocycles. The van der Waals surface area contributed by atoms with Crippen molar-refractivity contribution in [1.82, 2.24) is 10.2 Å². The molecule has 6 heteroatoms. The van der Waals surface area contributed by atoms with E-state index in [0.29, 0.717) is 19.5 Å². The molecular weight excluding hydrogens is 248 g/mol. The van der Waals surface area contributed by atoms with Crippen LogP contribution in [0.5, 0.6) is 0 Å². The third kappa shape index (κ3) is 8.18. The summed E-state index contributed by atoms with van der Waals surface area (Å²) < 4.78 is 0. The third-order valence-electron chi connectivity index (χ3n) is 2.77. The maximum Gasteiger partial charge on any atom is 0.308 e. The van der Waals surface area contributed by atoms with Gasteiger partial charge in [-0.3, -0.25) is 14.4 Å². The molecule has 0 heterocycles. The highest BCUT2D eigenvalue weighted by Gasteiger charge is 2.19. The molecule has 0 radical (unpaired) electrons. The van der Waals surface area contributed by atoms with Crippen molar-refractivity contribution in [3.8, 4) is 0 Å². The number of rotatable bonds is 9. The monoisotopic (exact) mass is 272 g/mol. The predicted octanol–water partition coefficient (Wildman–Crippen LogP) is 0.862. The van der Waals surface area contributed by atoms with E-state index in [0.717, 1.165) is 12.8 Å². The highest BCUT2D eigenvalue weighted by Crippen LogP contribution is 2.05. The lowest BCUT2D eigenvalue weighted by Crippen LogP contribution is -2.41. The summed E-state index contributed by atoms with van der Waals surface area (Å²) in [6.07, 6.45) is 2.12. The average Bonchev–Trinajstić information content (AvgIpc) is 2.33. The zero-order valence-corrected chi connectivity index (χ0v) is 11.9. The van der Waals surface area contributed by atoms with Gasteiger partial charge in [0.15, 0.2) is 0 Å². The molecule has 110 valence electrons. The highest BCUT2D eigenvalue weighted by molar-refractivity contribution is 5.77. The molecule has 0 aromatic heterocycles. The highest BCUT2D eigenvalue weighted by atomic mass is 16.4. The van der Waals surface area contributed by atoms with Crippen LogP contribution in [-0.4, -0.2) is 47.4 Å². The van der Waals surface area contributed by atoms with Crippen LogP contribution in [0, 0.1) is 5.92 Å². The van der Waals surface area contributed by atoms with E-state index in [1.165, 1.54) is 11.8 Å². The Hall–Kier alpha value is -1.59. The fourth-order valence-electron chi connectivity index (χ4n) is 1.58. The number of carbonyl (C=O) groups excluding carboxylic acids is 2. The molecule has 0 rings (SSSR count). The Kier molecular flexibility index (Phi) is 8.57. The van der Waals surface area contributed by atoms with Gasteiger partial charge < -0.3 is 15.3 Å². The fourth-order valence-corrected chi connectivity index (χ4v) is 1.58. The number of hydrogen-bond donors (Lipinski definition) is 2. The molecule has 0 saturated heterocycles. The van der Waals surface area contributed by atoms with Crippen LogP contribution in [0.3, 0.4) is 0 Å². The van der Waals surface area contributed by atoms with Gasteiger partial charge in [-0.15, -0.1) is 0 Å². The summed E-state index contributed by atoms with van der Waals surface area (Å²) in [5.74, 6) is -1.75. The molecule has 0 aliphatic carbocycles. The van der Waals surface area contributed by atoms with E-state index in [-0.39, 0.29) is 18.4 Å². The van der Waals surface area contributed by atoms with E-state index in [1.807, 2.05) is 6.92 Å². The minimum absolute atomic E-state index is 0.0553. The molecule has 1 unspecified atom stereocenters. The first-order valence-corrected chi connectivity index (χ1v) is 6.63. The predicted molar refractivity (Wildman–Crippen MR) is 71.6 cm³/mol. The smallest absolute Gasteiger partial charge is 0.308 e. The van der Waals surface area contributed by atoms with Gasteiger partial charge in [0.1, 0.15) is 0 Å². The molecule has 0 aliphatic rings. The number of carbonyl (C=O) groups is 3. The van der Waals surface area contributed by atoms with Crippen LogP contribution in [0.4, 0.5) is 0 Å². The summed E-state index contributed by atoms with van der Waals surface area (Å²) in [5, 5.41) is 11.5. The molecular formula is C13H24N2O4. The zero-order chi connectivity index (χ0) is 14.8. The van der Waals surface area contributed by atoms with E-state index in [4.69, 9.17) is 5.11 Å². The minimum Gasteiger partial charge on any atom is -0.481 e. The van der Waals surface area contributed by atoms with Crippen molar-refractivity contribution in [2.24, 2.45) is 5.92 Å². The molecule has 0 aromatic carbocycles. The second-order valence-corrected chi connectivity index (χ2v) is 4.67. The minimum atomic E-state index is -0.923. The van der Waals surface area contributed by atoms with Gasteiger partial charge in [-0.1, -0.05) is 20.3 Å². The van der Waals surface area contributed by atoms with Gasteiger partial charge in [0.05, 0.1) is 5.92 Å². The number of hydrogen-bond acceptors (Lipinski definition) is 3. The Balaban J connectivity index is 4.40. The Labute approximate surface area is 114 Å². The van der Waals surface area contributed by atoms with Crippen molar-refractivity contribution in [1.29, 1.82) is 0 Å². The van der Waals surface area contributed by atoms with Gasteiger partial charge in [0, 0.05) is 33.0 Å². The standard InChI is InChI=1S/C13H24N2O4/c1-4-5-6-12(17)15(8-7-14-11(3)16)9-10(2)13(18)19/h10H,4-9H2,1-3H3,(H,14,16)(H,18,19). The van der Waals surface area contributed by atoms with Crippen molar-refractivity contribution >= 4 is 17.8 Å². The van der Waals surface area contributed by atoms with Gasteiger partial charge in [0.25, 0.3) is 0 Å². The molecule has 2 amide bonds. The summed E-state index contributed by atoms with van der Waals surface area (Å²) in [7, 11) is 0. The lowest BCUT2D eigenvalue weighted by atomic mass is 10.1. The molecule has 2 N–H and O–H groups in total. The lowest BCUT2D eigenvalue weighted by molar-refractivity contribution is -0.143. The summed E-state index contributed by atoms with van der Waals surface area (Å²) in [6.45, 7) is 5.84. The van der Waals surface area contributed by atoms with Crippen LogP contribution in [-0.2, 0) is 14.4 Å². The van der Waals surface area contributed by atoms with Crippen molar-refractivity contribution in [2.75, 3.05) is 19.6 Å². The van der Waals surface area contributed by atoms with E-state index < -0.39 is 11.9 Å². The van der Waals surface area contributed by atoms with Crippen molar-refractivity contribution in [3.05, 3.63) is 0 Å². The molecule has 0 aromatic rings. The number of nitrogens with zero attached hydrogens (tertiary/aromatic N) is 1. The van der Waals surface area contributed by atoms with Crippen LogP contribution in [0.15, 0.2) is 0 Å². The first-order chi connectivity index (χ1) is 8.88. The van der Waals surface area contributed by atoms with Gasteiger partial charge in [0.2, 0.25) is 11.8 Å². The fraction of sp³-hybridized carbons (Fsp3) is 0.769. The second kappa shape index (κ2) is 9.35. The molecule has 6 nitrogen and oxygen atoms in total. The molecule has 0 spiro atoms. The number of aliphatic carboxylic acids is 1. The van der Waals surface area contributed by atoms with E-state index in [2.05, 4.69) is 5.32 Å². The van der Waals surface area contributed by atoms with Crippen LogP contribution in [0.1, 0.15) is 40.0 Å². The van der Waals surface area contributed by atoms with Crippen LogP contribution in [0.2, 0.25) is 0 Å². The van der Waals surface area contributed by atoms with Crippen LogP contribution in [0.25, 0.3) is 0 Å². The Bertz CT molecular complexity index is 318. The molecule has 0 saturated carbocycles. The summed E-state index contributed by atoms with van der Waals surface area (Å²) in [4.78, 5) is 35.1. The van der Waals surface area contributed by atoms with Crippen LogP contribution < -0.4 is 5.32 Å². The maximum atomic E-state index is 12.0. The number of unbranched alkanes of at least 4 members (excludes halogenated alkanes) is 1. The van der Waals surface area contributed by atoms with Crippen molar-refractivity contribution in [2.45, 2.75) is 40.0 Å². The summed E-state index contributed by atoms with van der Waals surface area (Å²) >= 11 is 0. The molecule has 0 bridgehead atoms. The summed E-state index contributed by atoms with van der Waals surface area (Å²) in [6, 6.07) is 0. The van der Waals surface area contributed by atoms with Gasteiger partial charge >= 0.3 is 5.97 Å². The Morgan fingerprint density at radius 1 is 1.32 bits per heavy atom. The number of carboxylic acids is 1. The Morgan fingerprint density at radius 2 is 1.95 bits per heavy atom. The van der Waals surface area contributed by atoms with Crippen LogP contribution >= 0.6 is 0 Å². The first-order valence-electron chi connectivity index (χ1n) is 6.63.